The van der Waals surface area contributed by atoms with Crippen LogP contribution in [0.15, 0.2) is 157 Å². The van der Waals surface area contributed by atoms with Crippen molar-refractivity contribution in [3.63, 3.8) is 0 Å². The van der Waals surface area contributed by atoms with Gasteiger partial charge >= 0.3 is 5.66 Å². The molecule has 6 aromatic rings. The van der Waals surface area contributed by atoms with Crippen LogP contribution in [0.4, 0.5) is 11.4 Å². The van der Waals surface area contributed by atoms with Crippen LogP contribution < -0.4 is 18.3 Å². The van der Waals surface area contributed by atoms with E-state index < -0.39 is 42.4 Å². The van der Waals surface area contributed by atoms with E-state index in [0.29, 0.717) is 39.5 Å². The van der Waals surface area contributed by atoms with Crippen LogP contribution >= 0.6 is 0 Å². The van der Waals surface area contributed by atoms with E-state index in [-0.39, 0.29) is 106 Å². The summed E-state index contributed by atoms with van der Waals surface area (Å²) in [6.07, 6.45) is 14.3. The number of allylic oxidation sites excluding steroid dienone is 3. The van der Waals surface area contributed by atoms with Crippen LogP contribution in [0.25, 0.3) is 22.5 Å². The smallest absolute Gasteiger partial charge is 0.360 e. The van der Waals surface area contributed by atoms with Crippen molar-refractivity contribution >= 4 is 11.4 Å². The van der Waals surface area contributed by atoms with E-state index in [0.717, 1.165) is 6.07 Å². The van der Waals surface area contributed by atoms with Crippen molar-refractivity contribution in [2.45, 2.75) is 94.4 Å². The Labute approximate surface area is 478 Å². The number of nitro groups is 4. The second-order valence-electron chi connectivity index (χ2n) is 13.1. The average Bonchev–Trinajstić information content (AvgIpc) is 4.15. The molecule has 370 valence electrons. The molecule has 72 heavy (non-hydrogen) atoms. The Hall–Kier alpha value is -6.19. The number of non-ortho nitro benzene ring substituents is 1. The molecule has 0 aliphatic carbocycles. The standard InChI is InChI=1S/C23H14N4O4.C19H10N4O4.6C2H6.2Y/c28-26(29)15-13-17-20-10-4-6-12-25(20)23(22(17)21(14-15)27(30)31)18-8-2-1-7-16(18)19-9-3-5-11-24(19)23;1-2-14-11-15-7-3-5-9-20(15)19(14)17(18(23(26)27)13-22(24)25)12-16-8-4-6-10-21(16)19;6*1-2;;/h1-14H;1-10H;6*1-2H3;;/q+2;-2;;;;;;;;/i1T,8T;1T,2T;;;;;;;;. The summed E-state index contributed by atoms with van der Waals surface area (Å²) in [5.41, 5.74) is -0.914. The Morgan fingerprint density at radius 3 is 1.60 bits per heavy atom. The summed E-state index contributed by atoms with van der Waals surface area (Å²) in [5.74, 6) is 0. The third kappa shape index (κ3) is 11.1. The predicted molar refractivity (Wildman–Crippen MR) is 265 cm³/mol. The summed E-state index contributed by atoms with van der Waals surface area (Å²) in [4.78, 5) is 43.5. The van der Waals surface area contributed by atoms with Crippen LogP contribution in [0.3, 0.4) is 0 Å². The minimum absolute atomic E-state index is 0. The van der Waals surface area contributed by atoms with Crippen molar-refractivity contribution in [2.75, 3.05) is 0 Å². The second kappa shape index (κ2) is 29.4. The number of aromatic nitrogens is 4. The summed E-state index contributed by atoms with van der Waals surface area (Å²) in [5, 5.41) is 46.7. The molecule has 0 saturated carbocycles. The molecule has 4 aliphatic heterocycles. The van der Waals surface area contributed by atoms with Gasteiger partial charge in [0.2, 0.25) is 11.4 Å². The van der Waals surface area contributed by atoms with Crippen LogP contribution in [0.2, 0.25) is 0 Å². The molecule has 18 heteroatoms. The minimum atomic E-state index is -1.61. The van der Waals surface area contributed by atoms with Crippen LogP contribution in [-0.2, 0) is 76.7 Å². The zero-order valence-electron chi connectivity index (χ0n) is 46.5. The third-order valence-electron chi connectivity index (χ3n) is 10.3. The average molecular weight is 1130 g/mol. The first-order valence-electron chi connectivity index (χ1n) is 25.1. The summed E-state index contributed by atoms with van der Waals surface area (Å²) in [6, 6.07) is 26.1. The molecule has 8 heterocycles. The topological polar surface area (TPSA) is 188 Å². The van der Waals surface area contributed by atoms with Gasteiger partial charge in [-0.15, -0.1) is 26.8 Å². The Balaban J connectivity index is 0.000000625. The van der Waals surface area contributed by atoms with E-state index in [2.05, 4.69) is 12.2 Å². The van der Waals surface area contributed by atoms with E-state index in [1.807, 2.05) is 111 Å². The molecule has 0 amide bonds. The number of hydrogen-bond donors (Lipinski definition) is 0. The summed E-state index contributed by atoms with van der Waals surface area (Å²) >= 11 is 0. The van der Waals surface area contributed by atoms with E-state index in [4.69, 9.17) is 5.48 Å². The van der Waals surface area contributed by atoms with Gasteiger partial charge in [-0.2, -0.15) is 26.9 Å². The van der Waals surface area contributed by atoms with Gasteiger partial charge < -0.3 is 12.6 Å². The molecule has 0 saturated heterocycles. The van der Waals surface area contributed by atoms with E-state index in [9.17, 15) is 40.5 Å². The van der Waals surface area contributed by atoms with Crippen molar-refractivity contribution < 1.29 is 109 Å². The van der Waals surface area contributed by atoms with Gasteiger partial charge in [0.05, 0.1) is 46.9 Å². The quantitative estimate of drug-likeness (QED) is 0.0517. The van der Waals surface area contributed by atoms with Crippen molar-refractivity contribution in [1.82, 2.24) is 0 Å². The van der Waals surface area contributed by atoms with Crippen LogP contribution in [0.1, 0.15) is 111 Å². The maximum atomic E-state index is 12.3. The predicted octanol–water partition coefficient (Wildman–Crippen LogP) is 10.3. The molecule has 0 bridgehead atoms. The Bertz CT molecular complexity index is 3200. The van der Waals surface area contributed by atoms with Crippen molar-refractivity contribution in [3.8, 4) is 22.5 Å². The van der Waals surface area contributed by atoms with Gasteiger partial charge in [-0.1, -0.05) is 110 Å². The summed E-state index contributed by atoms with van der Waals surface area (Å²) in [6.45, 7) is 26.0. The molecule has 4 aliphatic rings. The van der Waals surface area contributed by atoms with Crippen molar-refractivity contribution in [2.24, 2.45) is 0 Å². The number of hydrogen-bond acceptors (Lipinski definition) is 8. The molecule has 2 atom stereocenters. The fraction of sp³-hybridized carbons (Fsp3) is 0.259. The number of nitro benzene ring substituents is 2. The van der Waals surface area contributed by atoms with Crippen LogP contribution in [0.5, 0.6) is 0 Å². The first kappa shape index (κ1) is 56.7. The normalized spacial score (nSPS) is 16.4. The first-order valence-corrected chi connectivity index (χ1v) is 23.1. The first-order chi connectivity index (χ1) is 35.8. The Morgan fingerprint density at radius 1 is 0.639 bits per heavy atom. The minimum Gasteiger partial charge on any atom is -0.360 e. The fourth-order valence-corrected chi connectivity index (χ4v) is 8.35. The maximum Gasteiger partial charge on any atom is 0.424 e. The van der Waals surface area contributed by atoms with E-state index in [1.54, 1.807) is 107 Å². The molecule has 2 radical (unpaired) electrons. The molecule has 0 N–H and O–H groups in total. The molecule has 10 rings (SSSR count). The zero-order valence-corrected chi connectivity index (χ0v) is 48.2. The molecule has 2 spiro atoms. The van der Waals surface area contributed by atoms with Crippen molar-refractivity contribution in [3.05, 3.63) is 245 Å². The molecule has 0 fully saturated rings. The van der Waals surface area contributed by atoms with Gasteiger partial charge in [0.15, 0.2) is 30.4 Å². The molecular weight excluding hydrogens is 1070 g/mol. The second-order valence-corrected chi connectivity index (χ2v) is 13.1. The van der Waals surface area contributed by atoms with Crippen molar-refractivity contribution in [1.29, 1.82) is 0 Å². The van der Waals surface area contributed by atoms with Crippen LogP contribution in [0, 0.1) is 65.4 Å². The van der Waals surface area contributed by atoms with Gasteiger partial charge in [0.25, 0.3) is 17.0 Å². The van der Waals surface area contributed by atoms with Gasteiger partial charge in [-0.3, -0.25) is 40.5 Å². The van der Waals surface area contributed by atoms with Gasteiger partial charge in [-0.05, 0) is 46.2 Å². The summed E-state index contributed by atoms with van der Waals surface area (Å²) in [7, 11) is 0. The summed E-state index contributed by atoms with van der Waals surface area (Å²) < 4.78 is 39.5. The van der Waals surface area contributed by atoms with E-state index in [1.165, 1.54) is 12.1 Å². The fourth-order valence-electron chi connectivity index (χ4n) is 8.35. The molecule has 16 nitrogen and oxygen atoms in total. The number of fused-ring (bicyclic) bond motifs is 14. The Kier molecular flexibility index (Phi) is 23.1. The Morgan fingerprint density at radius 2 is 1.12 bits per heavy atom. The number of pyridine rings is 4. The maximum absolute atomic E-state index is 12.3. The van der Waals surface area contributed by atoms with Gasteiger partial charge in [-0.25, -0.2) is 0 Å². The van der Waals surface area contributed by atoms with Gasteiger partial charge in [0.1, 0.15) is 11.8 Å². The molecule has 4 aromatic heterocycles. The molecule has 2 aromatic carbocycles. The molecular formula is C54H60N8O8Y2. The molecule has 2 unspecified atom stereocenters. The number of nitrogens with zero attached hydrogens (tertiary/aromatic N) is 8. The largest absolute Gasteiger partial charge is 0.424 e. The number of benzene rings is 2. The third-order valence-corrected chi connectivity index (χ3v) is 10.3. The van der Waals surface area contributed by atoms with E-state index >= 15 is 0 Å². The van der Waals surface area contributed by atoms with Crippen LogP contribution in [-0.4, -0.2) is 19.7 Å². The SMILES string of the molecule is CC.CC.CC.CC.CC.CC.[3H][C-]=C([3H])C1=[C-]c2cccc[n+]2C12C(C(=[C-][N+](=O)[O-])[N+](=O)[O-])=[C-]c1cccc[n+]12.[3H]c1cc([3H])c2c(c1)-c1cccc[n+]1C21c2c(cc([N+](=O)[O-])cc2[N+](=O)[O-])-c2cccc[n+]21.[Y].[Y]. The zero-order chi connectivity index (χ0) is 55.8. The van der Waals surface area contributed by atoms with Gasteiger partial charge in [0, 0.05) is 95.8 Å². The number of rotatable bonds is 6. The monoisotopic (exact) mass is 1130 g/mol.